The number of nitrogens with zero attached hydrogens (tertiary/aromatic N) is 2. The van der Waals surface area contributed by atoms with Crippen molar-refractivity contribution in [3.8, 4) is 5.75 Å². The van der Waals surface area contributed by atoms with Gasteiger partial charge in [-0.2, -0.15) is 0 Å². The van der Waals surface area contributed by atoms with E-state index in [4.69, 9.17) is 4.74 Å². The van der Waals surface area contributed by atoms with Crippen molar-refractivity contribution < 1.29 is 9.84 Å². The zero-order valence-electron chi connectivity index (χ0n) is 16.2. The van der Waals surface area contributed by atoms with Crippen molar-refractivity contribution in [1.29, 1.82) is 0 Å². The van der Waals surface area contributed by atoms with Crippen LogP contribution in [0.4, 0.5) is 0 Å². The van der Waals surface area contributed by atoms with Crippen LogP contribution in [0.5, 0.6) is 5.75 Å². The van der Waals surface area contributed by atoms with Crippen molar-refractivity contribution in [2.75, 3.05) is 0 Å². The first kappa shape index (κ1) is 18.3. The first-order valence-corrected chi connectivity index (χ1v) is 9.56. The number of benzene rings is 2. The smallest absolute Gasteiger partial charge is 0.119 e. The molecule has 1 atom stereocenters. The summed E-state index contributed by atoms with van der Waals surface area (Å²) in [5.41, 5.74) is 5.85. The number of rotatable bonds is 6. The molecular formula is C24H24N2O2. The molecule has 1 N–H and O–H groups in total. The minimum Gasteiger partial charge on any atom is -0.489 e. The molecular weight excluding hydrogens is 348 g/mol. The van der Waals surface area contributed by atoms with Crippen LogP contribution in [0.1, 0.15) is 35.4 Å². The average Bonchev–Trinajstić information content (AvgIpc) is 3.05. The molecule has 0 aliphatic heterocycles. The maximum Gasteiger partial charge on any atom is 0.119 e. The Morgan fingerprint density at radius 3 is 2.46 bits per heavy atom. The molecule has 0 spiro atoms. The van der Waals surface area contributed by atoms with Crippen LogP contribution in [0.25, 0.3) is 11.0 Å². The summed E-state index contributed by atoms with van der Waals surface area (Å²) in [6.45, 7) is 2.63. The number of aryl methyl sites for hydroxylation is 1. The minimum absolute atomic E-state index is 0.524. The van der Waals surface area contributed by atoms with Crippen LogP contribution >= 0.6 is 0 Å². The molecule has 4 heteroatoms. The van der Waals surface area contributed by atoms with Crippen LogP contribution in [0.15, 0.2) is 72.9 Å². The van der Waals surface area contributed by atoms with E-state index in [0.29, 0.717) is 6.61 Å². The molecule has 2 aromatic carbocycles. The van der Waals surface area contributed by atoms with E-state index in [2.05, 4.69) is 16.5 Å². The highest BCUT2D eigenvalue weighted by molar-refractivity contribution is 5.82. The van der Waals surface area contributed by atoms with Crippen LogP contribution in [0.3, 0.4) is 0 Å². The van der Waals surface area contributed by atoms with E-state index in [1.54, 1.807) is 6.20 Å². The van der Waals surface area contributed by atoms with Gasteiger partial charge in [-0.05, 0) is 41.8 Å². The summed E-state index contributed by atoms with van der Waals surface area (Å²) in [6.07, 6.45) is 1.88. The van der Waals surface area contributed by atoms with Crippen LogP contribution in [-0.2, 0) is 20.1 Å². The fourth-order valence-electron chi connectivity index (χ4n) is 3.71. The van der Waals surface area contributed by atoms with E-state index in [1.807, 2.05) is 73.8 Å². The van der Waals surface area contributed by atoms with Gasteiger partial charge in [0.05, 0.1) is 11.0 Å². The van der Waals surface area contributed by atoms with E-state index < -0.39 is 6.10 Å². The lowest BCUT2D eigenvalue weighted by Gasteiger charge is -2.14. The molecule has 142 valence electrons. The molecule has 4 rings (SSSR count). The van der Waals surface area contributed by atoms with Crippen molar-refractivity contribution >= 4 is 11.0 Å². The van der Waals surface area contributed by atoms with E-state index in [1.165, 1.54) is 0 Å². The lowest BCUT2D eigenvalue weighted by molar-refractivity contribution is 0.220. The van der Waals surface area contributed by atoms with Gasteiger partial charge < -0.3 is 14.4 Å². The third-order valence-electron chi connectivity index (χ3n) is 5.17. The molecule has 0 bridgehead atoms. The normalized spacial score (nSPS) is 12.2. The molecule has 0 saturated heterocycles. The zero-order valence-corrected chi connectivity index (χ0v) is 16.2. The van der Waals surface area contributed by atoms with Gasteiger partial charge in [-0.3, -0.25) is 4.98 Å². The monoisotopic (exact) mass is 372 g/mol. The molecule has 0 aliphatic carbocycles. The van der Waals surface area contributed by atoms with Crippen molar-refractivity contribution in [2.45, 2.75) is 26.1 Å². The summed E-state index contributed by atoms with van der Waals surface area (Å²) in [6, 6.07) is 21.7. The lowest BCUT2D eigenvalue weighted by Crippen LogP contribution is -2.05. The Bertz CT molecular complexity index is 1070. The summed E-state index contributed by atoms with van der Waals surface area (Å²) >= 11 is 0. The lowest BCUT2D eigenvalue weighted by atomic mass is 9.99. The molecule has 0 radical (unpaired) electrons. The van der Waals surface area contributed by atoms with Crippen molar-refractivity contribution in [2.24, 2.45) is 7.05 Å². The molecule has 4 aromatic rings. The molecule has 4 nitrogen and oxygen atoms in total. The van der Waals surface area contributed by atoms with E-state index in [9.17, 15) is 5.11 Å². The summed E-state index contributed by atoms with van der Waals surface area (Å²) in [5, 5.41) is 11.1. The second-order valence-electron chi connectivity index (χ2n) is 6.89. The second kappa shape index (κ2) is 7.87. The molecule has 0 aliphatic rings. The molecule has 0 saturated carbocycles. The predicted molar refractivity (Wildman–Crippen MR) is 111 cm³/mol. The highest BCUT2D eigenvalue weighted by Crippen LogP contribution is 2.33. The van der Waals surface area contributed by atoms with Gasteiger partial charge in [-0.15, -0.1) is 0 Å². The molecule has 28 heavy (non-hydrogen) atoms. The number of ether oxygens (including phenoxy) is 1. The van der Waals surface area contributed by atoms with Gasteiger partial charge in [0.15, 0.2) is 0 Å². The SMILES string of the molecule is CCc1c(C(O)c2ccc(OCc3ccccc3)cc2)c2ncccc2n1C. The zero-order chi connectivity index (χ0) is 19.5. The Labute approximate surface area is 165 Å². The quantitative estimate of drug-likeness (QED) is 0.529. The molecule has 1 unspecified atom stereocenters. The first-order chi connectivity index (χ1) is 13.7. The summed E-state index contributed by atoms with van der Waals surface area (Å²) in [4.78, 5) is 4.53. The summed E-state index contributed by atoms with van der Waals surface area (Å²) < 4.78 is 7.98. The third-order valence-corrected chi connectivity index (χ3v) is 5.17. The Hall–Kier alpha value is -3.11. The van der Waals surface area contributed by atoms with Gasteiger partial charge in [0, 0.05) is 24.5 Å². The number of aliphatic hydroxyl groups is 1. The first-order valence-electron chi connectivity index (χ1n) is 9.56. The number of fused-ring (bicyclic) bond motifs is 1. The number of pyridine rings is 1. The Morgan fingerprint density at radius 1 is 1.00 bits per heavy atom. The predicted octanol–water partition coefficient (Wildman–Crippen LogP) is 4.80. The van der Waals surface area contributed by atoms with Crippen LogP contribution in [0, 0.1) is 0 Å². The maximum absolute atomic E-state index is 11.1. The third kappa shape index (κ3) is 3.39. The second-order valence-corrected chi connectivity index (χ2v) is 6.89. The molecule has 2 heterocycles. The minimum atomic E-state index is -0.725. The number of aliphatic hydroxyl groups excluding tert-OH is 1. The van der Waals surface area contributed by atoms with Crippen LogP contribution in [0.2, 0.25) is 0 Å². The number of hydrogen-bond donors (Lipinski definition) is 1. The van der Waals surface area contributed by atoms with Crippen molar-refractivity contribution in [1.82, 2.24) is 9.55 Å². The Kier molecular flexibility index (Phi) is 5.13. The molecule has 2 aromatic heterocycles. The average molecular weight is 372 g/mol. The fourth-order valence-corrected chi connectivity index (χ4v) is 3.71. The highest BCUT2D eigenvalue weighted by atomic mass is 16.5. The topological polar surface area (TPSA) is 47.3 Å². The van der Waals surface area contributed by atoms with Crippen LogP contribution in [-0.4, -0.2) is 14.7 Å². The van der Waals surface area contributed by atoms with Gasteiger partial charge in [-0.1, -0.05) is 49.4 Å². The van der Waals surface area contributed by atoms with Crippen molar-refractivity contribution in [3.63, 3.8) is 0 Å². The van der Waals surface area contributed by atoms with Gasteiger partial charge in [0.2, 0.25) is 0 Å². The fraction of sp³-hybridized carbons (Fsp3) is 0.208. The number of hydrogen-bond acceptors (Lipinski definition) is 3. The summed E-state index contributed by atoms with van der Waals surface area (Å²) in [5.74, 6) is 0.784. The maximum atomic E-state index is 11.1. The van der Waals surface area contributed by atoms with E-state index >= 15 is 0 Å². The molecule has 0 amide bonds. The van der Waals surface area contributed by atoms with E-state index in [-0.39, 0.29) is 0 Å². The van der Waals surface area contributed by atoms with Gasteiger partial charge in [0.25, 0.3) is 0 Å². The van der Waals surface area contributed by atoms with Crippen LogP contribution < -0.4 is 4.74 Å². The number of aromatic nitrogens is 2. The standard InChI is InChI=1S/C24H24N2O2/c1-3-20-22(23-21(26(20)2)10-7-15-25-23)24(27)18-11-13-19(14-12-18)28-16-17-8-5-4-6-9-17/h4-15,24,27H,3,16H2,1-2H3. The van der Waals surface area contributed by atoms with Gasteiger partial charge in [0.1, 0.15) is 18.5 Å². The molecule has 0 fully saturated rings. The summed E-state index contributed by atoms with van der Waals surface area (Å²) in [7, 11) is 2.03. The van der Waals surface area contributed by atoms with Gasteiger partial charge in [-0.25, -0.2) is 0 Å². The van der Waals surface area contributed by atoms with Crippen molar-refractivity contribution in [3.05, 3.63) is 95.3 Å². The highest BCUT2D eigenvalue weighted by Gasteiger charge is 2.22. The Balaban J connectivity index is 1.59. The Morgan fingerprint density at radius 2 is 1.75 bits per heavy atom. The van der Waals surface area contributed by atoms with E-state index in [0.717, 1.165) is 45.6 Å². The largest absolute Gasteiger partial charge is 0.489 e. The van der Waals surface area contributed by atoms with Gasteiger partial charge >= 0.3 is 0 Å².